The molecule has 0 radical (unpaired) electrons. The smallest absolute Gasteiger partial charge is 0.275 e. The molecule has 0 saturated carbocycles. The molecular weight excluding hydrogens is 278 g/mol. The SMILES string of the molecule is CCOc1ccc(/C=C2/N=C(c3cccnc3)NC2=O)cc1. The highest BCUT2D eigenvalue weighted by Gasteiger charge is 2.20. The summed E-state index contributed by atoms with van der Waals surface area (Å²) in [6.07, 6.45) is 5.09. The maximum atomic E-state index is 12.0. The van der Waals surface area contributed by atoms with E-state index in [1.807, 2.05) is 37.3 Å². The topological polar surface area (TPSA) is 63.6 Å². The molecule has 0 atom stereocenters. The largest absolute Gasteiger partial charge is 0.494 e. The van der Waals surface area contributed by atoms with Gasteiger partial charge in [0.1, 0.15) is 17.3 Å². The number of aliphatic imine (C=N–C) groups is 1. The Labute approximate surface area is 128 Å². The van der Waals surface area contributed by atoms with Crippen LogP contribution in [0.1, 0.15) is 18.1 Å². The zero-order chi connectivity index (χ0) is 15.4. The van der Waals surface area contributed by atoms with Gasteiger partial charge in [0.15, 0.2) is 0 Å². The molecule has 0 unspecified atom stereocenters. The average Bonchev–Trinajstić information content (AvgIpc) is 2.91. The maximum Gasteiger partial charge on any atom is 0.275 e. The van der Waals surface area contributed by atoms with E-state index >= 15 is 0 Å². The number of ether oxygens (including phenoxy) is 1. The van der Waals surface area contributed by atoms with Crippen LogP contribution < -0.4 is 10.1 Å². The van der Waals surface area contributed by atoms with Crippen LogP contribution in [0.25, 0.3) is 6.08 Å². The Morgan fingerprint density at radius 3 is 2.73 bits per heavy atom. The van der Waals surface area contributed by atoms with Crippen molar-refractivity contribution < 1.29 is 9.53 Å². The number of rotatable bonds is 4. The first-order valence-electron chi connectivity index (χ1n) is 7.01. The third kappa shape index (κ3) is 3.03. The van der Waals surface area contributed by atoms with Crippen LogP contribution in [0.15, 0.2) is 59.5 Å². The van der Waals surface area contributed by atoms with E-state index in [4.69, 9.17) is 4.74 Å². The van der Waals surface area contributed by atoms with E-state index in [1.54, 1.807) is 24.5 Å². The van der Waals surface area contributed by atoms with Crippen LogP contribution >= 0.6 is 0 Å². The van der Waals surface area contributed by atoms with Gasteiger partial charge in [0.05, 0.1) is 6.61 Å². The summed E-state index contributed by atoms with van der Waals surface area (Å²) >= 11 is 0. The summed E-state index contributed by atoms with van der Waals surface area (Å²) in [5.41, 5.74) is 2.05. The standard InChI is InChI=1S/C17H15N3O2/c1-2-22-14-7-5-12(6-8-14)10-15-17(21)20-16(19-15)13-4-3-9-18-11-13/h3-11H,2H2,1H3,(H,19,20,21)/b15-10+. The van der Waals surface area contributed by atoms with Gasteiger partial charge in [0.25, 0.3) is 5.91 Å². The summed E-state index contributed by atoms with van der Waals surface area (Å²) in [4.78, 5) is 20.4. The van der Waals surface area contributed by atoms with Gasteiger partial charge in [-0.05, 0) is 42.8 Å². The molecule has 5 heteroatoms. The van der Waals surface area contributed by atoms with Crippen molar-refractivity contribution in [3.63, 3.8) is 0 Å². The highest BCUT2D eigenvalue weighted by atomic mass is 16.5. The summed E-state index contributed by atoms with van der Waals surface area (Å²) in [5, 5.41) is 2.75. The summed E-state index contributed by atoms with van der Waals surface area (Å²) in [6.45, 7) is 2.56. The Morgan fingerprint density at radius 1 is 1.23 bits per heavy atom. The second-order valence-corrected chi connectivity index (χ2v) is 4.69. The molecule has 2 aromatic rings. The molecule has 1 aromatic carbocycles. The van der Waals surface area contributed by atoms with E-state index in [9.17, 15) is 4.79 Å². The first-order chi connectivity index (χ1) is 10.8. The normalized spacial score (nSPS) is 15.6. The molecule has 1 aliphatic rings. The monoisotopic (exact) mass is 293 g/mol. The molecule has 0 bridgehead atoms. The predicted octanol–water partition coefficient (Wildman–Crippen LogP) is 2.40. The zero-order valence-electron chi connectivity index (χ0n) is 12.1. The summed E-state index contributed by atoms with van der Waals surface area (Å²) in [6, 6.07) is 11.2. The highest BCUT2D eigenvalue weighted by Crippen LogP contribution is 2.17. The number of aromatic nitrogens is 1. The van der Waals surface area contributed by atoms with Crippen molar-refractivity contribution in [3.05, 3.63) is 65.6 Å². The van der Waals surface area contributed by atoms with Crippen molar-refractivity contribution in [2.24, 2.45) is 4.99 Å². The number of carbonyl (C=O) groups is 1. The molecule has 1 N–H and O–H groups in total. The van der Waals surface area contributed by atoms with Gasteiger partial charge in [-0.25, -0.2) is 4.99 Å². The van der Waals surface area contributed by atoms with Crippen molar-refractivity contribution in [1.82, 2.24) is 10.3 Å². The molecule has 22 heavy (non-hydrogen) atoms. The molecule has 2 heterocycles. The molecule has 0 saturated heterocycles. The number of nitrogens with zero attached hydrogens (tertiary/aromatic N) is 2. The Morgan fingerprint density at radius 2 is 2.05 bits per heavy atom. The number of benzene rings is 1. The lowest BCUT2D eigenvalue weighted by atomic mass is 10.2. The van der Waals surface area contributed by atoms with Gasteiger partial charge < -0.3 is 10.1 Å². The van der Waals surface area contributed by atoms with E-state index in [1.165, 1.54) is 0 Å². The molecule has 1 aliphatic heterocycles. The third-order valence-corrected chi connectivity index (χ3v) is 3.13. The molecule has 1 aromatic heterocycles. The maximum absolute atomic E-state index is 12.0. The molecule has 110 valence electrons. The van der Waals surface area contributed by atoms with Crippen molar-refractivity contribution in [2.45, 2.75) is 6.92 Å². The van der Waals surface area contributed by atoms with E-state index in [0.29, 0.717) is 18.1 Å². The minimum Gasteiger partial charge on any atom is -0.494 e. The lowest BCUT2D eigenvalue weighted by Crippen LogP contribution is -2.24. The van der Waals surface area contributed by atoms with E-state index in [-0.39, 0.29) is 5.91 Å². The molecular formula is C17H15N3O2. The number of nitrogens with one attached hydrogen (secondary N) is 1. The van der Waals surface area contributed by atoms with Crippen LogP contribution in [0, 0.1) is 0 Å². The van der Waals surface area contributed by atoms with Gasteiger partial charge in [0, 0.05) is 18.0 Å². The van der Waals surface area contributed by atoms with Crippen LogP contribution in [0.2, 0.25) is 0 Å². The van der Waals surface area contributed by atoms with E-state index in [0.717, 1.165) is 16.9 Å². The Kier molecular flexibility index (Phi) is 3.96. The van der Waals surface area contributed by atoms with E-state index < -0.39 is 0 Å². The summed E-state index contributed by atoms with van der Waals surface area (Å²) < 4.78 is 5.39. The van der Waals surface area contributed by atoms with Gasteiger partial charge >= 0.3 is 0 Å². The van der Waals surface area contributed by atoms with Gasteiger partial charge in [-0.15, -0.1) is 0 Å². The number of amidine groups is 1. The quantitative estimate of drug-likeness (QED) is 0.880. The molecule has 5 nitrogen and oxygen atoms in total. The first-order valence-corrected chi connectivity index (χ1v) is 7.01. The average molecular weight is 293 g/mol. The van der Waals surface area contributed by atoms with Crippen LogP contribution in [0.4, 0.5) is 0 Å². The second kappa shape index (κ2) is 6.22. The molecule has 0 aliphatic carbocycles. The van der Waals surface area contributed by atoms with Crippen molar-refractivity contribution in [3.8, 4) is 5.75 Å². The minimum absolute atomic E-state index is 0.215. The fourth-order valence-corrected chi connectivity index (χ4v) is 2.09. The molecule has 3 rings (SSSR count). The van der Waals surface area contributed by atoms with Gasteiger partial charge in [-0.2, -0.15) is 0 Å². The predicted molar refractivity (Wildman–Crippen MR) is 84.5 cm³/mol. The second-order valence-electron chi connectivity index (χ2n) is 4.69. The van der Waals surface area contributed by atoms with Gasteiger partial charge in [-0.3, -0.25) is 9.78 Å². The number of carbonyl (C=O) groups excluding carboxylic acids is 1. The van der Waals surface area contributed by atoms with Gasteiger partial charge in [0.2, 0.25) is 0 Å². The Hall–Kier alpha value is -2.95. The lowest BCUT2D eigenvalue weighted by molar-refractivity contribution is -0.115. The lowest BCUT2D eigenvalue weighted by Gasteiger charge is -2.02. The third-order valence-electron chi connectivity index (χ3n) is 3.13. The minimum atomic E-state index is -0.215. The van der Waals surface area contributed by atoms with E-state index in [2.05, 4.69) is 15.3 Å². The Balaban J connectivity index is 1.84. The number of amides is 1. The fourth-order valence-electron chi connectivity index (χ4n) is 2.09. The number of hydrogen-bond donors (Lipinski definition) is 1. The van der Waals surface area contributed by atoms with Crippen LogP contribution in [-0.2, 0) is 4.79 Å². The molecule has 1 amide bonds. The highest BCUT2D eigenvalue weighted by molar-refractivity contribution is 6.19. The van der Waals surface area contributed by atoms with Crippen LogP contribution in [-0.4, -0.2) is 23.3 Å². The van der Waals surface area contributed by atoms with Crippen molar-refractivity contribution >= 4 is 17.8 Å². The van der Waals surface area contributed by atoms with Gasteiger partial charge in [-0.1, -0.05) is 12.1 Å². The van der Waals surface area contributed by atoms with Crippen molar-refractivity contribution in [1.29, 1.82) is 0 Å². The molecule has 0 fully saturated rings. The molecule has 0 spiro atoms. The summed E-state index contributed by atoms with van der Waals surface area (Å²) in [5.74, 6) is 1.11. The summed E-state index contributed by atoms with van der Waals surface area (Å²) in [7, 11) is 0. The number of hydrogen-bond acceptors (Lipinski definition) is 4. The van der Waals surface area contributed by atoms with Crippen LogP contribution in [0.3, 0.4) is 0 Å². The Bertz CT molecular complexity index is 734. The first kappa shape index (κ1) is 14.0. The van der Waals surface area contributed by atoms with Crippen molar-refractivity contribution in [2.75, 3.05) is 6.61 Å². The fraction of sp³-hybridized carbons (Fsp3) is 0.118. The van der Waals surface area contributed by atoms with Crippen LogP contribution in [0.5, 0.6) is 5.75 Å². The zero-order valence-corrected chi connectivity index (χ0v) is 12.1. The number of pyridine rings is 1.